The molecule has 0 aliphatic carbocycles. The summed E-state index contributed by atoms with van der Waals surface area (Å²) in [7, 11) is 0. The largest absolute Gasteiger partial charge is 0.492 e. The molecule has 2 heterocycles. The molecule has 0 unspecified atom stereocenters. The van der Waals surface area contributed by atoms with Gasteiger partial charge in [-0.25, -0.2) is 4.98 Å². The molecule has 0 atom stereocenters. The van der Waals surface area contributed by atoms with Crippen molar-refractivity contribution in [1.29, 1.82) is 0 Å². The first-order valence-electron chi connectivity index (χ1n) is 8.44. The Morgan fingerprint density at radius 3 is 2.77 bits per heavy atom. The molecule has 0 bridgehead atoms. The van der Waals surface area contributed by atoms with Crippen molar-refractivity contribution in [1.82, 2.24) is 9.55 Å². The van der Waals surface area contributed by atoms with E-state index in [1.165, 1.54) is 16.9 Å². The zero-order chi connectivity index (χ0) is 17.9. The molecule has 0 fully saturated rings. The monoisotopic (exact) mass is 362 g/mol. The maximum absolute atomic E-state index is 12.8. The molecule has 0 amide bonds. The molecular weight excluding hydrogens is 344 g/mol. The van der Waals surface area contributed by atoms with Crippen molar-refractivity contribution in [2.45, 2.75) is 13.5 Å². The van der Waals surface area contributed by atoms with E-state index in [1.807, 2.05) is 41.8 Å². The van der Waals surface area contributed by atoms with Crippen LogP contribution < -0.4 is 10.3 Å². The SMILES string of the molecule is Cc1cccc(-c2csc3c(=O)n(CCOc4ccccc4)cnc23)c1. The van der Waals surface area contributed by atoms with Crippen molar-refractivity contribution in [2.24, 2.45) is 0 Å². The highest BCUT2D eigenvalue weighted by Crippen LogP contribution is 2.31. The summed E-state index contributed by atoms with van der Waals surface area (Å²) >= 11 is 1.45. The Kier molecular flexibility index (Phi) is 4.54. The van der Waals surface area contributed by atoms with E-state index in [0.29, 0.717) is 17.9 Å². The molecule has 0 aliphatic rings. The highest BCUT2D eigenvalue weighted by molar-refractivity contribution is 7.17. The van der Waals surface area contributed by atoms with Crippen LogP contribution in [0.2, 0.25) is 0 Å². The summed E-state index contributed by atoms with van der Waals surface area (Å²) in [6, 6.07) is 17.8. The molecule has 26 heavy (non-hydrogen) atoms. The lowest BCUT2D eigenvalue weighted by Crippen LogP contribution is -2.22. The Labute approximate surface area is 155 Å². The smallest absolute Gasteiger partial charge is 0.271 e. The first kappa shape index (κ1) is 16.5. The molecule has 5 heteroatoms. The zero-order valence-electron chi connectivity index (χ0n) is 14.4. The van der Waals surface area contributed by atoms with Gasteiger partial charge in [-0.2, -0.15) is 0 Å². The number of hydrogen-bond donors (Lipinski definition) is 0. The third kappa shape index (κ3) is 3.26. The van der Waals surface area contributed by atoms with Crippen molar-refractivity contribution in [2.75, 3.05) is 6.61 Å². The average molecular weight is 362 g/mol. The van der Waals surface area contributed by atoms with Gasteiger partial charge in [0.1, 0.15) is 17.1 Å². The molecule has 130 valence electrons. The van der Waals surface area contributed by atoms with E-state index in [1.54, 1.807) is 10.9 Å². The van der Waals surface area contributed by atoms with Crippen molar-refractivity contribution < 1.29 is 4.74 Å². The van der Waals surface area contributed by atoms with Crippen LogP contribution in [0.15, 0.2) is 71.1 Å². The fourth-order valence-corrected chi connectivity index (χ4v) is 3.87. The first-order valence-corrected chi connectivity index (χ1v) is 9.32. The fourth-order valence-electron chi connectivity index (χ4n) is 2.90. The number of aromatic nitrogens is 2. The van der Waals surface area contributed by atoms with Gasteiger partial charge in [-0.05, 0) is 24.6 Å². The minimum absolute atomic E-state index is 0.0180. The third-order valence-electron chi connectivity index (χ3n) is 4.22. The second-order valence-corrected chi connectivity index (χ2v) is 6.98. The lowest BCUT2D eigenvalue weighted by molar-refractivity contribution is 0.296. The minimum atomic E-state index is -0.0180. The third-order valence-corrected chi connectivity index (χ3v) is 5.18. The zero-order valence-corrected chi connectivity index (χ0v) is 15.2. The number of nitrogens with zero attached hydrogens (tertiary/aromatic N) is 2. The molecule has 2 aromatic carbocycles. The predicted molar refractivity (Wildman–Crippen MR) is 106 cm³/mol. The van der Waals surface area contributed by atoms with Gasteiger partial charge in [0.15, 0.2) is 0 Å². The number of para-hydroxylation sites is 1. The highest BCUT2D eigenvalue weighted by Gasteiger charge is 2.12. The molecule has 0 aliphatic heterocycles. The molecule has 0 saturated carbocycles. The molecule has 0 spiro atoms. The van der Waals surface area contributed by atoms with Gasteiger partial charge in [-0.1, -0.05) is 48.0 Å². The van der Waals surface area contributed by atoms with Gasteiger partial charge < -0.3 is 4.74 Å². The Hall–Kier alpha value is -2.92. The normalized spacial score (nSPS) is 11.0. The number of ether oxygens (including phenoxy) is 1. The Morgan fingerprint density at radius 2 is 1.96 bits per heavy atom. The van der Waals surface area contributed by atoms with Gasteiger partial charge >= 0.3 is 0 Å². The van der Waals surface area contributed by atoms with Gasteiger partial charge in [-0.3, -0.25) is 9.36 Å². The van der Waals surface area contributed by atoms with Crippen molar-refractivity contribution in [3.8, 4) is 16.9 Å². The molecule has 0 saturated heterocycles. The summed E-state index contributed by atoms with van der Waals surface area (Å²) in [5.41, 5.74) is 4.04. The number of hydrogen-bond acceptors (Lipinski definition) is 4. The second-order valence-electron chi connectivity index (χ2n) is 6.10. The van der Waals surface area contributed by atoms with Crippen LogP contribution in [-0.2, 0) is 6.54 Å². The van der Waals surface area contributed by atoms with E-state index in [0.717, 1.165) is 22.4 Å². The maximum Gasteiger partial charge on any atom is 0.271 e. The Balaban J connectivity index is 1.59. The van der Waals surface area contributed by atoms with Crippen LogP contribution in [0.25, 0.3) is 21.3 Å². The molecule has 2 aromatic heterocycles. The predicted octanol–water partition coefficient (Wildman–Crippen LogP) is 4.51. The lowest BCUT2D eigenvalue weighted by Gasteiger charge is -2.08. The van der Waals surface area contributed by atoms with Gasteiger partial charge in [-0.15, -0.1) is 11.3 Å². The fraction of sp³-hybridized carbons (Fsp3) is 0.143. The van der Waals surface area contributed by atoms with Gasteiger partial charge in [0.2, 0.25) is 0 Å². The number of aryl methyl sites for hydroxylation is 1. The van der Waals surface area contributed by atoms with Crippen LogP contribution in [0, 0.1) is 6.92 Å². The van der Waals surface area contributed by atoms with E-state index < -0.39 is 0 Å². The van der Waals surface area contributed by atoms with Crippen LogP contribution in [0.5, 0.6) is 5.75 Å². The van der Waals surface area contributed by atoms with E-state index in [4.69, 9.17) is 4.74 Å². The van der Waals surface area contributed by atoms with Gasteiger partial charge in [0, 0.05) is 10.9 Å². The van der Waals surface area contributed by atoms with E-state index in [-0.39, 0.29) is 5.56 Å². The van der Waals surface area contributed by atoms with Crippen LogP contribution >= 0.6 is 11.3 Å². The number of thiophene rings is 1. The van der Waals surface area contributed by atoms with Crippen LogP contribution in [0.1, 0.15) is 5.56 Å². The quantitative estimate of drug-likeness (QED) is 0.525. The maximum atomic E-state index is 12.8. The molecule has 4 rings (SSSR count). The Bertz CT molecular complexity index is 1100. The number of benzene rings is 2. The summed E-state index contributed by atoms with van der Waals surface area (Å²) < 4.78 is 7.98. The van der Waals surface area contributed by atoms with Crippen molar-refractivity contribution in [3.05, 3.63) is 82.2 Å². The van der Waals surface area contributed by atoms with Gasteiger partial charge in [0.25, 0.3) is 5.56 Å². The van der Waals surface area contributed by atoms with Crippen molar-refractivity contribution >= 4 is 21.6 Å². The standard InChI is InChI=1S/C21H18N2O2S/c1-15-6-5-7-16(12-15)18-13-26-20-19(18)22-14-23(21(20)24)10-11-25-17-8-3-2-4-9-17/h2-9,12-14H,10-11H2,1H3. The van der Waals surface area contributed by atoms with Crippen LogP contribution in [0.4, 0.5) is 0 Å². The Morgan fingerprint density at radius 1 is 1.12 bits per heavy atom. The minimum Gasteiger partial charge on any atom is -0.492 e. The molecule has 4 aromatic rings. The molecule has 4 nitrogen and oxygen atoms in total. The topological polar surface area (TPSA) is 44.1 Å². The van der Waals surface area contributed by atoms with E-state index in [9.17, 15) is 4.79 Å². The van der Waals surface area contributed by atoms with Crippen LogP contribution in [-0.4, -0.2) is 16.2 Å². The molecule has 0 N–H and O–H groups in total. The highest BCUT2D eigenvalue weighted by atomic mass is 32.1. The first-order chi connectivity index (χ1) is 12.7. The van der Waals surface area contributed by atoms with Gasteiger partial charge in [0.05, 0.1) is 18.4 Å². The summed E-state index contributed by atoms with van der Waals surface area (Å²) in [5.74, 6) is 0.799. The summed E-state index contributed by atoms with van der Waals surface area (Å²) in [6.45, 7) is 2.95. The van der Waals surface area contributed by atoms with Crippen molar-refractivity contribution in [3.63, 3.8) is 0 Å². The van der Waals surface area contributed by atoms with E-state index in [2.05, 4.69) is 30.1 Å². The number of rotatable bonds is 5. The second kappa shape index (κ2) is 7.14. The lowest BCUT2D eigenvalue weighted by atomic mass is 10.1. The van der Waals surface area contributed by atoms with E-state index >= 15 is 0 Å². The summed E-state index contributed by atoms with van der Waals surface area (Å²) in [5, 5.41) is 2.01. The molecule has 0 radical (unpaired) electrons. The molecular formula is C21H18N2O2S. The average Bonchev–Trinajstić information content (AvgIpc) is 3.09. The van der Waals surface area contributed by atoms with Crippen LogP contribution in [0.3, 0.4) is 0 Å². The summed E-state index contributed by atoms with van der Waals surface area (Å²) in [6.07, 6.45) is 1.62. The number of fused-ring (bicyclic) bond motifs is 1. The summed E-state index contributed by atoms with van der Waals surface area (Å²) in [4.78, 5) is 17.3.